The normalized spacial score (nSPS) is 19.3. The van der Waals surface area contributed by atoms with Gasteiger partial charge in [0.25, 0.3) is 0 Å². The number of aliphatic hydroxyl groups excluding tert-OH is 1. The second-order valence-electron chi connectivity index (χ2n) is 7.32. The van der Waals surface area contributed by atoms with Gasteiger partial charge in [0.05, 0.1) is 5.02 Å². The van der Waals surface area contributed by atoms with Gasteiger partial charge in [0.2, 0.25) is 0 Å². The van der Waals surface area contributed by atoms with Gasteiger partial charge in [-0.15, -0.1) is 12.4 Å². The molecule has 1 aliphatic rings. The minimum atomic E-state index is -0.720. The molecule has 0 saturated carbocycles. The molecular weight excluding hydrogens is 411 g/mol. The maximum atomic E-state index is 10.5. The van der Waals surface area contributed by atoms with Crippen LogP contribution < -0.4 is 14.8 Å². The van der Waals surface area contributed by atoms with Gasteiger partial charge in [-0.2, -0.15) is 5.26 Å². The van der Waals surface area contributed by atoms with Gasteiger partial charge in [-0.25, -0.2) is 0 Å². The lowest BCUT2D eigenvalue weighted by Gasteiger charge is -2.19. The Hall–Kier alpha value is -1.97. The summed E-state index contributed by atoms with van der Waals surface area (Å²) in [6.07, 6.45) is -0.0512. The van der Waals surface area contributed by atoms with Gasteiger partial charge in [-0.3, -0.25) is 0 Å². The first-order valence-corrected chi connectivity index (χ1v) is 9.85. The molecule has 1 fully saturated rings. The monoisotopic (exact) mass is 436 g/mol. The van der Waals surface area contributed by atoms with Crippen LogP contribution >= 0.6 is 24.0 Å². The maximum absolute atomic E-state index is 10.5. The van der Waals surface area contributed by atoms with Crippen molar-refractivity contribution in [2.75, 3.05) is 13.2 Å². The Morgan fingerprint density at radius 1 is 1.24 bits per heavy atom. The number of aliphatic hydroxyl groups is 1. The molecule has 1 aliphatic heterocycles. The van der Waals surface area contributed by atoms with Crippen molar-refractivity contribution in [1.82, 2.24) is 5.32 Å². The van der Waals surface area contributed by atoms with Crippen LogP contribution in [0.1, 0.15) is 37.3 Å². The van der Waals surface area contributed by atoms with Crippen molar-refractivity contribution < 1.29 is 14.6 Å². The molecule has 29 heavy (non-hydrogen) atoms. The average molecular weight is 437 g/mol. The Kier molecular flexibility index (Phi) is 8.60. The van der Waals surface area contributed by atoms with Gasteiger partial charge < -0.3 is 19.9 Å². The topological polar surface area (TPSA) is 74.5 Å². The first-order valence-electron chi connectivity index (χ1n) is 9.47. The SMILES string of the molecule is CC(C)c1ccc(O[C@H]2CN[C@H](C(O)COc3cccc(Cl)c3C#N)C2)cc1.Cl. The lowest BCUT2D eigenvalue weighted by Crippen LogP contribution is -2.38. The minimum Gasteiger partial charge on any atom is -0.489 e. The number of benzene rings is 2. The number of ether oxygens (including phenoxy) is 2. The van der Waals surface area contributed by atoms with Gasteiger partial charge in [0.1, 0.15) is 41.9 Å². The van der Waals surface area contributed by atoms with Gasteiger partial charge >= 0.3 is 0 Å². The van der Waals surface area contributed by atoms with E-state index >= 15 is 0 Å². The Bertz CT molecular complexity index is 837. The van der Waals surface area contributed by atoms with Crippen LogP contribution in [0.2, 0.25) is 5.02 Å². The van der Waals surface area contributed by atoms with Gasteiger partial charge in [0, 0.05) is 19.0 Å². The smallest absolute Gasteiger partial charge is 0.138 e. The van der Waals surface area contributed by atoms with Crippen LogP contribution in [-0.2, 0) is 0 Å². The minimum absolute atomic E-state index is 0. The zero-order chi connectivity index (χ0) is 20.1. The van der Waals surface area contributed by atoms with Gasteiger partial charge in [0.15, 0.2) is 0 Å². The summed E-state index contributed by atoms with van der Waals surface area (Å²) in [6.45, 7) is 5.05. The van der Waals surface area contributed by atoms with Crippen LogP contribution in [0.25, 0.3) is 0 Å². The summed E-state index contributed by atoms with van der Waals surface area (Å²) in [6, 6.07) is 15.1. The van der Waals surface area contributed by atoms with Gasteiger partial charge in [-0.1, -0.05) is 43.6 Å². The Morgan fingerprint density at radius 2 is 1.97 bits per heavy atom. The number of hydrogen-bond acceptors (Lipinski definition) is 5. The third-order valence-corrected chi connectivity index (χ3v) is 5.25. The number of rotatable bonds is 7. The lowest BCUT2D eigenvalue weighted by molar-refractivity contribution is 0.0754. The van der Waals surface area contributed by atoms with Crippen LogP contribution in [-0.4, -0.2) is 36.5 Å². The molecule has 0 aromatic heterocycles. The van der Waals surface area contributed by atoms with Crippen molar-refractivity contribution in [2.24, 2.45) is 0 Å². The molecule has 0 radical (unpaired) electrons. The zero-order valence-electron chi connectivity index (χ0n) is 16.5. The first kappa shape index (κ1) is 23.3. The Balaban J connectivity index is 0.00000300. The summed E-state index contributed by atoms with van der Waals surface area (Å²) in [5, 5.41) is 23.3. The number of halogens is 2. The van der Waals surface area contributed by atoms with E-state index in [9.17, 15) is 10.4 Å². The van der Waals surface area contributed by atoms with Crippen LogP contribution in [0.4, 0.5) is 0 Å². The third kappa shape index (κ3) is 6.01. The highest BCUT2D eigenvalue weighted by Crippen LogP contribution is 2.26. The van der Waals surface area contributed by atoms with Crippen LogP contribution in [0, 0.1) is 11.3 Å². The van der Waals surface area contributed by atoms with Crippen LogP contribution in [0.5, 0.6) is 11.5 Å². The summed E-state index contributed by atoms with van der Waals surface area (Å²) in [5.74, 6) is 1.70. The molecule has 2 aromatic rings. The van der Waals surface area contributed by atoms with E-state index in [-0.39, 0.29) is 36.7 Å². The molecule has 1 heterocycles. The van der Waals surface area contributed by atoms with Crippen LogP contribution in [0.15, 0.2) is 42.5 Å². The number of nitrogens with one attached hydrogen (secondary N) is 1. The molecule has 0 bridgehead atoms. The highest BCUT2D eigenvalue weighted by Gasteiger charge is 2.31. The molecule has 156 valence electrons. The zero-order valence-corrected chi connectivity index (χ0v) is 18.0. The van der Waals surface area contributed by atoms with E-state index in [0.29, 0.717) is 29.7 Å². The van der Waals surface area contributed by atoms with E-state index in [1.807, 2.05) is 18.2 Å². The molecule has 0 spiro atoms. The second kappa shape index (κ2) is 10.7. The van der Waals surface area contributed by atoms with E-state index in [0.717, 1.165) is 5.75 Å². The molecule has 2 aromatic carbocycles. The molecule has 1 unspecified atom stereocenters. The van der Waals surface area contributed by atoms with E-state index in [4.69, 9.17) is 21.1 Å². The summed E-state index contributed by atoms with van der Waals surface area (Å²) in [7, 11) is 0. The predicted molar refractivity (Wildman–Crippen MR) is 116 cm³/mol. The molecular formula is C22H26Cl2N2O3. The predicted octanol–water partition coefficient (Wildman–Crippen LogP) is 4.31. The van der Waals surface area contributed by atoms with E-state index in [1.54, 1.807) is 18.2 Å². The van der Waals surface area contributed by atoms with Gasteiger partial charge in [-0.05, 0) is 35.7 Å². The van der Waals surface area contributed by atoms with E-state index in [1.165, 1.54) is 5.56 Å². The molecule has 7 heteroatoms. The quantitative estimate of drug-likeness (QED) is 0.676. The first-order chi connectivity index (χ1) is 13.5. The Morgan fingerprint density at radius 3 is 2.62 bits per heavy atom. The highest BCUT2D eigenvalue weighted by molar-refractivity contribution is 6.31. The molecule has 1 saturated heterocycles. The van der Waals surface area contributed by atoms with Crippen molar-refractivity contribution in [3.8, 4) is 17.6 Å². The van der Waals surface area contributed by atoms with Crippen LogP contribution in [0.3, 0.4) is 0 Å². The number of nitrogens with zero attached hydrogens (tertiary/aromatic N) is 1. The van der Waals surface area contributed by atoms with Crippen molar-refractivity contribution in [1.29, 1.82) is 5.26 Å². The van der Waals surface area contributed by atoms with Crippen molar-refractivity contribution in [2.45, 2.75) is 44.4 Å². The largest absolute Gasteiger partial charge is 0.489 e. The summed E-state index contributed by atoms with van der Waals surface area (Å²) >= 11 is 6.00. The summed E-state index contributed by atoms with van der Waals surface area (Å²) in [5.41, 5.74) is 1.56. The molecule has 0 aliphatic carbocycles. The van der Waals surface area contributed by atoms with E-state index in [2.05, 4.69) is 31.3 Å². The average Bonchev–Trinajstić information content (AvgIpc) is 3.15. The fourth-order valence-corrected chi connectivity index (χ4v) is 3.47. The number of nitriles is 1. The highest BCUT2D eigenvalue weighted by atomic mass is 35.5. The standard InChI is InChI=1S/C22H25ClN2O3.ClH/c1-14(2)15-6-8-16(9-7-15)28-17-10-20(25-12-17)21(26)13-27-22-5-3-4-19(23)18(22)11-24;/h3-9,14,17,20-21,25-26H,10,12-13H2,1-2H3;1H/t17-,20+,21?;/m1./s1. The fraction of sp³-hybridized carbons (Fsp3) is 0.409. The maximum Gasteiger partial charge on any atom is 0.138 e. The molecule has 3 atom stereocenters. The molecule has 5 nitrogen and oxygen atoms in total. The van der Waals surface area contributed by atoms with Crippen molar-refractivity contribution >= 4 is 24.0 Å². The molecule has 2 N–H and O–H groups in total. The molecule has 0 amide bonds. The third-order valence-electron chi connectivity index (χ3n) is 4.94. The Labute approximate surface area is 183 Å². The number of hydrogen-bond donors (Lipinski definition) is 2. The van der Waals surface area contributed by atoms with Crippen molar-refractivity contribution in [3.63, 3.8) is 0 Å². The van der Waals surface area contributed by atoms with Crippen molar-refractivity contribution in [3.05, 3.63) is 58.6 Å². The molecule has 3 rings (SSSR count). The van der Waals surface area contributed by atoms with E-state index < -0.39 is 6.10 Å². The second-order valence-corrected chi connectivity index (χ2v) is 7.72. The fourth-order valence-electron chi connectivity index (χ4n) is 3.26. The summed E-state index contributed by atoms with van der Waals surface area (Å²) in [4.78, 5) is 0. The lowest BCUT2D eigenvalue weighted by atomic mass is 10.0. The summed E-state index contributed by atoms with van der Waals surface area (Å²) < 4.78 is 11.7.